The first-order valence-corrected chi connectivity index (χ1v) is 5.19. The average molecular weight is 299 g/mol. The molecular weight excluding hydrogens is 289 g/mol. The normalized spacial score (nSPS) is 13.7. The highest BCUT2D eigenvalue weighted by molar-refractivity contribution is 9.10. The van der Waals surface area contributed by atoms with Gasteiger partial charge in [-0.1, -0.05) is 15.9 Å². The molecule has 1 N–H and O–H groups in total. The summed E-state index contributed by atoms with van der Waals surface area (Å²) in [5.41, 5.74) is -0.801. The first kappa shape index (κ1) is 13.3. The van der Waals surface area contributed by atoms with Crippen LogP contribution in [0, 0.1) is 0 Å². The molecule has 0 radical (unpaired) electrons. The van der Waals surface area contributed by atoms with Gasteiger partial charge in [0.1, 0.15) is 5.75 Å². The number of methoxy groups -OCH3 is 1. The van der Waals surface area contributed by atoms with Crippen molar-refractivity contribution in [1.29, 1.82) is 0 Å². The number of halogens is 4. The van der Waals surface area contributed by atoms with Gasteiger partial charge in [0, 0.05) is 10.0 Å². The molecule has 16 heavy (non-hydrogen) atoms. The second-order valence-electron chi connectivity index (χ2n) is 3.25. The Morgan fingerprint density at radius 1 is 1.38 bits per heavy atom. The molecule has 0 aliphatic heterocycles. The molecule has 0 spiro atoms. The Balaban J connectivity index is 3.49. The predicted octanol–water partition coefficient (Wildman–Crippen LogP) is 3.53. The summed E-state index contributed by atoms with van der Waals surface area (Å²) in [6.45, 7) is 1.38. The van der Waals surface area contributed by atoms with Gasteiger partial charge in [0.05, 0.1) is 18.8 Å². The van der Waals surface area contributed by atoms with E-state index >= 15 is 0 Å². The van der Waals surface area contributed by atoms with Crippen LogP contribution in [0.1, 0.15) is 24.2 Å². The van der Waals surface area contributed by atoms with E-state index in [0.717, 1.165) is 13.2 Å². The summed E-state index contributed by atoms with van der Waals surface area (Å²) in [5.74, 6) is -0.342. The maximum absolute atomic E-state index is 12.7. The van der Waals surface area contributed by atoms with E-state index in [9.17, 15) is 18.3 Å². The van der Waals surface area contributed by atoms with Crippen LogP contribution in [0.2, 0.25) is 0 Å². The molecule has 6 heteroatoms. The van der Waals surface area contributed by atoms with Gasteiger partial charge in [0.15, 0.2) is 0 Å². The summed E-state index contributed by atoms with van der Waals surface area (Å²) in [7, 11) is 1.14. The maximum atomic E-state index is 12.7. The summed E-state index contributed by atoms with van der Waals surface area (Å²) in [6, 6.07) is 2.32. The fourth-order valence-corrected chi connectivity index (χ4v) is 1.84. The van der Waals surface area contributed by atoms with Crippen molar-refractivity contribution in [3.05, 3.63) is 27.7 Å². The molecule has 1 aromatic rings. The van der Waals surface area contributed by atoms with Gasteiger partial charge < -0.3 is 9.84 Å². The molecule has 0 saturated heterocycles. The number of benzene rings is 1. The summed E-state index contributed by atoms with van der Waals surface area (Å²) in [4.78, 5) is 0. The summed E-state index contributed by atoms with van der Waals surface area (Å²) < 4.78 is 43.0. The van der Waals surface area contributed by atoms with Gasteiger partial charge in [-0.3, -0.25) is 0 Å². The Morgan fingerprint density at radius 3 is 2.31 bits per heavy atom. The minimum absolute atomic E-state index is 0.101. The van der Waals surface area contributed by atoms with Gasteiger partial charge in [0.25, 0.3) is 0 Å². The molecule has 0 aromatic heterocycles. The minimum Gasteiger partial charge on any atom is -0.496 e. The lowest BCUT2D eigenvalue weighted by atomic mass is 10.0. The van der Waals surface area contributed by atoms with Crippen LogP contribution in [-0.4, -0.2) is 12.2 Å². The van der Waals surface area contributed by atoms with E-state index in [-0.39, 0.29) is 15.8 Å². The smallest absolute Gasteiger partial charge is 0.420 e. The molecule has 2 nitrogen and oxygen atoms in total. The average Bonchev–Trinajstić information content (AvgIpc) is 2.14. The van der Waals surface area contributed by atoms with Crippen LogP contribution in [0.15, 0.2) is 16.6 Å². The van der Waals surface area contributed by atoms with Gasteiger partial charge in [-0.2, -0.15) is 13.2 Å². The number of ether oxygens (including phenoxy) is 1. The minimum atomic E-state index is -4.52. The molecule has 0 saturated carbocycles. The van der Waals surface area contributed by atoms with E-state index in [1.807, 2.05) is 0 Å². The van der Waals surface area contributed by atoms with Crippen LogP contribution >= 0.6 is 15.9 Å². The van der Waals surface area contributed by atoms with Crippen molar-refractivity contribution in [3.8, 4) is 5.75 Å². The Labute approximate surface area is 99.2 Å². The van der Waals surface area contributed by atoms with Crippen molar-refractivity contribution in [2.24, 2.45) is 0 Å². The Morgan fingerprint density at radius 2 is 1.94 bits per heavy atom. The van der Waals surface area contributed by atoms with E-state index in [4.69, 9.17) is 4.74 Å². The van der Waals surface area contributed by atoms with E-state index in [0.29, 0.717) is 0 Å². The fourth-order valence-electron chi connectivity index (χ4n) is 1.36. The van der Waals surface area contributed by atoms with E-state index < -0.39 is 17.8 Å². The third-order valence-corrected chi connectivity index (χ3v) is 2.50. The van der Waals surface area contributed by atoms with Crippen LogP contribution in [0.4, 0.5) is 13.2 Å². The number of aliphatic hydroxyl groups is 1. The zero-order valence-electron chi connectivity index (χ0n) is 8.60. The molecule has 1 rings (SSSR count). The monoisotopic (exact) mass is 298 g/mol. The van der Waals surface area contributed by atoms with E-state index in [1.165, 1.54) is 13.0 Å². The Kier molecular flexibility index (Phi) is 3.85. The lowest BCUT2D eigenvalue weighted by Crippen LogP contribution is -2.10. The molecule has 1 aromatic carbocycles. The Bertz CT molecular complexity index is 388. The van der Waals surface area contributed by atoms with Crippen molar-refractivity contribution in [3.63, 3.8) is 0 Å². The lowest BCUT2D eigenvalue weighted by Gasteiger charge is -2.17. The Hall–Kier alpha value is -0.750. The zero-order chi connectivity index (χ0) is 12.5. The molecule has 0 amide bonds. The second kappa shape index (κ2) is 4.63. The first-order valence-electron chi connectivity index (χ1n) is 4.40. The van der Waals surface area contributed by atoms with Crippen molar-refractivity contribution >= 4 is 15.9 Å². The molecular formula is C10H10BrF3O2. The highest BCUT2D eigenvalue weighted by Crippen LogP contribution is 2.41. The van der Waals surface area contributed by atoms with Crippen molar-refractivity contribution in [2.45, 2.75) is 19.2 Å². The largest absolute Gasteiger partial charge is 0.496 e. The number of alkyl halides is 3. The van der Waals surface area contributed by atoms with Crippen molar-refractivity contribution in [2.75, 3.05) is 7.11 Å². The lowest BCUT2D eigenvalue weighted by molar-refractivity contribution is -0.138. The van der Waals surface area contributed by atoms with Gasteiger partial charge in [-0.15, -0.1) is 0 Å². The van der Waals surface area contributed by atoms with E-state index in [2.05, 4.69) is 15.9 Å². The van der Waals surface area contributed by atoms with Crippen LogP contribution in [0.25, 0.3) is 0 Å². The van der Waals surface area contributed by atoms with Gasteiger partial charge >= 0.3 is 6.18 Å². The molecule has 0 heterocycles. The number of aliphatic hydroxyl groups excluding tert-OH is 1. The van der Waals surface area contributed by atoms with Crippen LogP contribution in [0.5, 0.6) is 5.75 Å². The number of hydrogen-bond acceptors (Lipinski definition) is 2. The molecule has 0 fully saturated rings. The highest BCUT2D eigenvalue weighted by Gasteiger charge is 2.36. The van der Waals surface area contributed by atoms with Crippen molar-refractivity contribution < 1.29 is 23.0 Å². The quantitative estimate of drug-likeness (QED) is 0.905. The van der Waals surface area contributed by atoms with Crippen molar-refractivity contribution in [1.82, 2.24) is 0 Å². The summed E-state index contributed by atoms with van der Waals surface area (Å²) in [5, 5.41) is 9.38. The highest BCUT2D eigenvalue weighted by atomic mass is 79.9. The third kappa shape index (κ3) is 2.68. The molecule has 0 aliphatic carbocycles. The predicted molar refractivity (Wildman–Crippen MR) is 56.3 cm³/mol. The SMILES string of the molecule is COc1c(C(C)O)cc(Br)cc1C(F)(F)F. The third-order valence-electron chi connectivity index (χ3n) is 2.04. The zero-order valence-corrected chi connectivity index (χ0v) is 10.2. The molecule has 90 valence electrons. The number of hydrogen-bond donors (Lipinski definition) is 1. The number of rotatable bonds is 2. The van der Waals surface area contributed by atoms with Gasteiger partial charge in [0.2, 0.25) is 0 Å². The fraction of sp³-hybridized carbons (Fsp3) is 0.400. The van der Waals surface area contributed by atoms with Gasteiger partial charge in [-0.25, -0.2) is 0 Å². The second-order valence-corrected chi connectivity index (χ2v) is 4.17. The van der Waals surface area contributed by atoms with E-state index in [1.54, 1.807) is 0 Å². The molecule has 0 aliphatic rings. The van der Waals surface area contributed by atoms with Crippen LogP contribution < -0.4 is 4.74 Å². The topological polar surface area (TPSA) is 29.5 Å². The van der Waals surface area contributed by atoms with Crippen LogP contribution in [-0.2, 0) is 6.18 Å². The van der Waals surface area contributed by atoms with Gasteiger partial charge in [-0.05, 0) is 19.1 Å². The summed E-state index contributed by atoms with van der Waals surface area (Å²) >= 11 is 2.97. The van der Waals surface area contributed by atoms with Crippen LogP contribution in [0.3, 0.4) is 0 Å². The molecule has 0 bridgehead atoms. The molecule has 1 atom stereocenters. The first-order chi connectivity index (χ1) is 7.27. The standard InChI is InChI=1S/C10H10BrF3O2/c1-5(15)7-3-6(11)4-8(9(7)16-2)10(12,13)14/h3-5,15H,1-2H3. The molecule has 1 unspecified atom stereocenters. The maximum Gasteiger partial charge on any atom is 0.420 e. The summed E-state index contributed by atoms with van der Waals surface area (Å²) in [6.07, 6.45) is -5.55.